The zero-order chi connectivity index (χ0) is 13.7. The largest absolute Gasteiger partial charge is 0.508 e. The zero-order valence-electron chi connectivity index (χ0n) is 10.6. The van der Waals surface area contributed by atoms with Crippen molar-refractivity contribution in [1.82, 2.24) is 0 Å². The summed E-state index contributed by atoms with van der Waals surface area (Å²) in [5.41, 5.74) is 2.59. The van der Waals surface area contributed by atoms with E-state index in [-0.39, 0.29) is 11.7 Å². The molecule has 0 bridgehead atoms. The van der Waals surface area contributed by atoms with Gasteiger partial charge in [0.05, 0.1) is 0 Å². The van der Waals surface area contributed by atoms with Gasteiger partial charge >= 0.3 is 0 Å². The first kappa shape index (κ1) is 12.9. The summed E-state index contributed by atoms with van der Waals surface area (Å²) in [7, 11) is 0. The van der Waals surface area contributed by atoms with Crippen LogP contribution < -0.4 is 5.32 Å². The summed E-state index contributed by atoms with van der Waals surface area (Å²) in [5, 5.41) is 12.1. The molecule has 1 amide bonds. The number of rotatable bonds is 3. The normalized spacial score (nSPS) is 10.6. The first-order chi connectivity index (χ1) is 9.15. The number of nitrogens with one attached hydrogen (secondary N) is 1. The molecule has 0 spiro atoms. The Bertz CT molecular complexity index is 618. The van der Waals surface area contributed by atoms with Crippen molar-refractivity contribution in [2.45, 2.75) is 6.92 Å². The lowest BCUT2D eigenvalue weighted by Crippen LogP contribution is -2.08. The third-order valence-corrected chi connectivity index (χ3v) is 2.70. The van der Waals surface area contributed by atoms with Crippen molar-refractivity contribution in [2.75, 3.05) is 5.32 Å². The molecule has 0 saturated carbocycles. The summed E-state index contributed by atoms with van der Waals surface area (Å²) in [6, 6.07) is 14.3. The number of aromatic hydroxyl groups is 1. The maximum Gasteiger partial charge on any atom is 0.248 e. The van der Waals surface area contributed by atoms with Crippen molar-refractivity contribution in [3.8, 4) is 5.75 Å². The van der Waals surface area contributed by atoms with E-state index in [4.69, 9.17) is 0 Å². The van der Waals surface area contributed by atoms with Crippen molar-refractivity contribution in [1.29, 1.82) is 0 Å². The molecule has 0 aliphatic heterocycles. The van der Waals surface area contributed by atoms with Crippen molar-refractivity contribution in [3.63, 3.8) is 0 Å². The van der Waals surface area contributed by atoms with E-state index in [9.17, 15) is 9.90 Å². The van der Waals surface area contributed by atoms with Gasteiger partial charge in [0.25, 0.3) is 0 Å². The van der Waals surface area contributed by atoms with Crippen molar-refractivity contribution < 1.29 is 9.90 Å². The first-order valence-electron chi connectivity index (χ1n) is 5.99. The first-order valence-corrected chi connectivity index (χ1v) is 5.99. The molecule has 0 fully saturated rings. The molecule has 19 heavy (non-hydrogen) atoms. The van der Waals surface area contributed by atoms with Crippen molar-refractivity contribution in [2.24, 2.45) is 0 Å². The van der Waals surface area contributed by atoms with Crippen LogP contribution in [0.3, 0.4) is 0 Å². The van der Waals surface area contributed by atoms with E-state index in [2.05, 4.69) is 5.32 Å². The van der Waals surface area contributed by atoms with E-state index in [0.29, 0.717) is 0 Å². The molecule has 96 valence electrons. The van der Waals surface area contributed by atoms with Crippen LogP contribution >= 0.6 is 0 Å². The number of hydrogen-bond donors (Lipinski definition) is 2. The highest BCUT2D eigenvalue weighted by molar-refractivity contribution is 6.02. The van der Waals surface area contributed by atoms with E-state index < -0.39 is 0 Å². The Morgan fingerprint density at radius 1 is 1.16 bits per heavy atom. The number of phenols is 1. The van der Waals surface area contributed by atoms with Crippen molar-refractivity contribution in [3.05, 3.63) is 65.7 Å². The average Bonchev–Trinajstić information content (AvgIpc) is 2.39. The number of carbonyl (C=O) groups is 1. The smallest absolute Gasteiger partial charge is 0.248 e. The Morgan fingerprint density at radius 3 is 2.68 bits per heavy atom. The van der Waals surface area contributed by atoms with Gasteiger partial charge in [-0.1, -0.05) is 30.3 Å². The Labute approximate surface area is 112 Å². The molecule has 2 rings (SSSR count). The molecule has 2 aromatic rings. The van der Waals surface area contributed by atoms with Crippen LogP contribution in [0.15, 0.2) is 54.6 Å². The molecule has 0 aliphatic carbocycles. The van der Waals surface area contributed by atoms with Gasteiger partial charge in [-0.25, -0.2) is 0 Å². The zero-order valence-corrected chi connectivity index (χ0v) is 10.6. The fourth-order valence-electron chi connectivity index (χ4n) is 1.69. The maximum atomic E-state index is 11.8. The summed E-state index contributed by atoms with van der Waals surface area (Å²) in [6.45, 7) is 1.94. The molecular weight excluding hydrogens is 238 g/mol. The van der Waals surface area contributed by atoms with Gasteiger partial charge in [-0.2, -0.15) is 0 Å². The number of carbonyl (C=O) groups excluding carboxylic acids is 1. The fourth-order valence-corrected chi connectivity index (χ4v) is 1.69. The highest BCUT2D eigenvalue weighted by Gasteiger charge is 2.00. The van der Waals surface area contributed by atoms with Crippen LogP contribution in [-0.2, 0) is 4.79 Å². The predicted octanol–water partition coefficient (Wildman–Crippen LogP) is 3.35. The van der Waals surface area contributed by atoms with Crippen LogP contribution in [0, 0.1) is 6.92 Å². The minimum Gasteiger partial charge on any atom is -0.508 e. The summed E-state index contributed by atoms with van der Waals surface area (Å²) < 4.78 is 0. The van der Waals surface area contributed by atoms with E-state index in [0.717, 1.165) is 16.8 Å². The lowest BCUT2D eigenvalue weighted by atomic mass is 10.2. The second-order valence-corrected chi connectivity index (χ2v) is 4.23. The number of benzene rings is 2. The van der Waals surface area contributed by atoms with E-state index in [1.165, 1.54) is 6.08 Å². The second kappa shape index (κ2) is 5.87. The second-order valence-electron chi connectivity index (χ2n) is 4.23. The van der Waals surface area contributed by atoms with E-state index >= 15 is 0 Å². The number of amides is 1. The quantitative estimate of drug-likeness (QED) is 0.824. The molecule has 0 atom stereocenters. The van der Waals surface area contributed by atoms with E-state index in [1.807, 2.05) is 37.3 Å². The van der Waals surface area contributed by atoms with Gasteiger partial charge in [0, 0.05) is 11.8 Å². The third kappa shape index (κ3) is 3.71. The summed E-state index contributed by atoms with van der Waals surface area (Å²) in [6.07, 6.45) is 3.11. The minimum absolute atomic E-state index is 0.182. The fraction of sp³-hybridized carbons (Fsp3) is 0.0625. The lowest BCUT2D eigenvalue weighted by molar-refractivity contribution is -0.111. The number of aryl methyl sites for hydroxylation is 1. The number of anilines is 1. The SMILES string of the molecule is Cc1ccccc1NC(=O)/C=C/c1cccc(O)c1. The summed E-state index contributed by atoms with van der Waals surface area (Å²) >= 11 is 0. The Morgan fingerprint density at radius 2 is 1.95 bits per heavy atom. The molecule has 0 radical (unpaired) electrons. The van der Waals surface area contributed by atoms with Crippen molar-refractivity contribution >= 4 is 17.7 Å². The molecule has 2 aromatic carbocycles. The maximum absolute atomic E-state index is 11.8. The summed E-state index contributed by atoms with van der Waals surface area (Å²) in [5.74, 6) is -0.0147. The topological polar surface area (TPSA) is 49.3 Å². The summed E-state index contributed by atoms with van der Waals surface area (Å²) in [4.78, 5) is 11.8. The molecule has 0 unspecified atom stereocenters. The van der Waals surface area contributed by atoms with Gasteiger partial charge in [0.2, 0.25) is 5.91 Å². The van der Waals surface area contributed by atoms with Crippen LogP contribution in [0.1, 0.15) is 11.1 Å². The molecule has 0 aliphatic rings. The molecule has 3 heteroatoms. The lowest BCUT2D eigenvalue weighted by Gasteiger charge is -2.05. The molecule has 0 aromatic heterocycles. The highest BCUT2D eigenvalue weighted by Crippen LogP contribution is 2.14. The van der Waals surface area contributed by atoms with Crippen LogP contribution in [0.25, 0.3) is 6.08 Å². The molecular formula is C16H15NO2. The van der Waals surface area contributed by atoms with Gasteiger partial charge < -0.3 is 10.4 Å². The Hall–Kier alpha value is -2.55. The molecule has 2 N–H and O–H groups in total. The standard InChI is InChI=1S/C16H15NO2/c1-12-5-2-3-8-15(12)17-16(19)10-9-13-6-4-7-14(18)11-13/h2-11,18H,1H3,(H,17,19)/b10-9+. The number of para-hydroxylation sites is 1. The highest BCUT2D eigenvalue weighted by atomic mass is 16.3. The minimum atomic E-state index is -0.197. The van der Waals surface area contributed by atoms with Crippen LogP contribution in [0.5, 0.6) is 5.75 Å². The number of hydrogen-bond acceptors (Lipinski definition) is 2. The predicted molar refractivity (Wildman–Crippen MR) is 76.9 cm³/mol. The average molecular weight is 253 g/mol. The van der Waals surface area contributed by atoms with Gasteiger partial charge in [-0.3, -0.25) is 4.79 Å². The van der Waals surface area contributed by atoms with Gasteiger partial charge in [-0.05, 0) is 42.3 Å². The monoisotopic (exact) mass is 253 g/mol. The Balaban J connectivity index is 2.04. The van der Waals surface area contributed by atoms with E-state index in [1.54, 1.807) is 24.3 Å². The number of phenolic OH excluding ortho intramolecular Hbond substituents is 1. The molecule has 0 saturated heterocycles. The van der Waals surface area contributed by atoms with Gasteiger partial charge in [-0.15, -0.1) is 0 Å². The van der Waals surface area contributed by atoms with Crippen LogP contribution in [-0.4, -0.2) is 11.0 Å². The third-order valence-electron chi connectivity index (χ3n) is 2.70. The molecule has 0 heterocycles. The van der Waals surface area contributed by atoms with Crippen LogP contribution in [0.4, 0.5) is 5.69 Å². The molecule has 3 nitrogen and oxygen atoms in total. The van der Waals surface area contributed by atoms with Gasteiger partial charge in [0.1, 0.15) is 5.75 Å². The van der Waals surface area contributed by atoms with Gasteiger partial charge in [0.15, 0.2) is 0 Å². The Kier molecular flexibility index (Phi) is 3.98. The van der Waals surface area contributed by atoms with Crippen LogP contribution in [0.2, 0.25) is 0 Å².